The average Bonchev–Trinajstić information content (AvgIpc) is 2.66. The van der Waals surface area contributed by atoms with E-state index in [1.807, 2.05) is 6.92 Å². The van der Waals surface area contributed by atoms with Gasteiger partial charge in [-0.3, -0.25) is 9.59 Å². The lowest BCUT2D eigenvalue weighted by molar-refractivity contribution is -0.138. The van der Waals surface area contributed by atoms with Crippen molar-refractivity contribution in [3.8, 4) is 0 Å². The molecule has 6 heteroatoms. The first-order valence-electron chi connectivity index (χ1n) is 5.85. The van der Waals surface area contributed by atoms with Crippen molar-refractivity contribution < 1.29 is 14.7 Å². The number of nitrogens with zero attached hydrogens (tertiary/aromatic N) is 2. The Bertz CT molecular complexity index is 454. The predicted octanol–water partition coefficient (Wildman–Crippen LogP) is 1.95. The molecule has 0 radical (unpaired) electrons. The second-order valence-electron chi connectivity index (χ2n) is 4.30. The number of amides is 1. The molecule has 1 aromatic rings. The van der Waals surface area contributed by atoms with E-state index in [1.165, 1.54) is 16.2 Å². The molecular weight excluding hydrogens is 252 g/mol. The summed E-state index contributed by atoms with van der Waals surface area (Å²) in [6, 6.07) is -0.153. The topological polar surface area (TPSA) is 70.5 Å². The maximum absolute atomic E-state index is 12.3. The lowest BCUT2D eigenvalue weighted by Gasteiger charge is -2.24. The lowest BCUT2D eigenvalue weighted by Crippen LogP contribution is -2.40. The minimum Gasteiger partial charge on any atom is -0.480 e. The Morgan fingerprint density at radius 2 is 2.06 bits per heavy atom. The standard InChI is InChI=1S/C12H18N2O3S/c1-5-9-13-8(4)11(18-9)12(17)14(7(2)3)6-10(15)16/h7H,5-6H2,1-4H3,(H,15,16). The van der Waals surface area contributed by atoms with Gasteiger partial charge in [-0.1, -0.05) is 6.92 Å². The number of thiazole rings is 1. The summed E-state index contributed by atoms with van der Waals surface area (Å²) in [6.07, 6.45) is 0.777. The summed E-state index contributed by atoms with van der Waals surface area (Å²) >= 11 is 1.35. The first-order chi connectivity index (χ1) is 8.36. The van der Waals surface area contributed by atoms with Crippen LogP contribution in [-0.2, 0) is 11.2 Å². The van der Waals surface area contributed by atoms with E-state index in [1.54, 1.807) is 20.8 Å². The van der Waals surface area contributed by atoms with Crippen LogP contribution in [0.5, 0.6) is 0 Å². The fourth-order valence-corrected chi connectivity index (χ4v) is 2.53. The number of hydrogen-bond acceptors (Lipinski definition) is 4. The van der Waals surface area contributed by atoms with Gasteiger partial charge in [0.15, 0.2) is 0 Å². The van der Waals surface area contributed by atoms with Gasteiger partial charge in [0, 0.05) is 6.04 Å². The van der Waals surface area contributed by atoms with Crippen molar-refractivity contribution in [1.29, 1.82) is 0 Å². The molecule has 0 fully saturated rings. The van der Waals surface area contributed by atoms with Crippen molar-refractivity contribution in [2.75, 3.05) is 6.54 Å². The fourth-order valence-electron chi connectivity index (χ4n) is 1.57. The van der Waals surface area contributed by atoms with E-state index in [9.17, 15) is 9.59 Å². The van der Waals surface area contributed by atoms with E-state index in [2.05, 4.69) is 4.98 Å². The number of aromatic nitrogens is 1. The molecule has 0 aromatic carbocycles. The van der Waals surface area contributed by atoms with Crippen molar-refractivity contribution in [2.45, 2.75) is 40.2 Å². The first kappa shape index (κ1) is 14.6. The highest BCUT2D eigenvalue weighted by Crippen LogP contribution is 2.21. The van der Waals surface area contributed by atoms with Gasteiger partial charge in [0.2, 0.25) is 0 Å². The van der Waals surface area contributed by atoms with Crippen molar-refractivity contribution in [3.63, 3.8) is 0 Å². The van der Waals surface area contributed by atoms with Crippen LogP contribution in [0, 0.1) is 6.92 Å². The molecule has 18 heavy (non-hydrogen) atoms. The van der Waals surface area contributed by atoms with Crippen molar-refractivity contribution >= 4 is 23.2 Å². The second-order valence-corrected chi connectivity index (χ2v) is 5.38. The normalized spacial score (nSPS) is 10.7. The zero-order valence-electron chi connectivity index (χ0n) is 11.1. The molecule has 0 aliphatic heterocycles. The predicted molar refractivity (Wildman–Crippen MR) is 70.0 cm³/mol. The smallest absolute Gasteiger partial charge is 0.323 e. The number of carbonyl (C=O) groups is 2. The zero-order chi connectivity index (χ0) is 13.9. The molecule has 0 unspecified atom stereocenters. The Labute approximate surface area is 110 Å². The molecule has 0 aliphatic carbocycles. The van der Waals surface area contributed by atoms with Crippen LogP contribution in [0.4, 0.5) is 0 Å². The minimum atomic E-state index is -1.00. The summed E-state index contributed by atoms with van der Waals surface area (Å²) in [6.45, 7) is 7.08. The van der Waals surface area contributed by atoms with Crippen molar-refractivity contribution in [2.24, 2.45) is 0 Å². The number of carboxylic acid groups (broad SMARTS) is 1. The molecular formula is C12H18N2O3S. The second kappa shape index (κ2) is 5.95. The SMILES string of the molecule is CCc1nc(C)c(C(=O)N(CC(=O)O)C(C)C)s1. The Hall–Kier alpha value is -1.43. The van der Waals surface area contributed by atoms with Crippen LogP contribution in [0.2, 0.25) is 0 Å². The Morgan fingerprint density at radius 1 is 1.44 bits per heavy atom. The summed E-state index contributed by atoms with van der Waals surface area (Å²) < 4.78 is 0. The maximum Gasteiger partial charge on any atom is 0.323 e. The molecule has 0 saturated carbocycles. The van der Waals surface area contributed by atoms with Crippen LogP contribution in [0.25, 0.3) is 0 Å². The maximum atomic E-state index is 12.3. The highest BCUT2D eigenvalue weighted by Gasteiger charge is 2.24. The molecule has 0 spiro atoms. The van der Waals surface area contributed by atoms with Gasteiger partial charge in [-0.15, -0.1) is 11.3 Å². The molecule has 100 valence electrons. The zero-order valence-corrected chi connectivity index (χ0v) is 11.9. The highest BCUT2D eigenvalue weighted by molar-refractivity contribution is 7.13. The van der Waals surface area contributed by atoms with Crippen LogP contribution in [0.3, 0.4) is 0 Å². The monoisotopic (exact) mass is 270 g/mol. The number of carbonyl (C=O) groups excluding carboxylic acids is 1. The van der Waals surface area contributed by atoms with Crippen molar-refractivity contribution in [1.82, 2.24) is 9.88 Å². The molecule has 0 atom stereocenters. The summed E-state index contributed by atoms with van der Waals surface area (Å²) in [5.41, 5.74) is 0.679. The molecule has 1 amide bonds. The fraction of sp³-hybridized carbons (Fsp3) is 0.583. The Balaban J connectivity index is 3.01. The van der Waals surface area contributed by atoms with Crippen LogP contribution in [0.1, 0.15) is 41.1 Å². The number of aryl methyl sites for hydroxylation is 2. The van der Waals surface area contributed by atoms with Gasteiger partial charge in [-0.05, 0) is 27.2 Å². The molecule has 1 heterocycles. The Kier molecular flexibility index (Phi) is 4.84. The molecule has 0 aliphatic rings. The molecule has 1 aromatic heterocycles. The van der Waals surface area contributed by atoms with Crippen LogP contribution in [0.15, 0.2) is 0 Å². The van der Waals surface area contributed by atoms with Gasteiger partial charge in [-0.2, -0.15) is 0 Å². The third kappa shape index (κ3) is 3.29. The van der Waals surface area contributed by atoms with E-state index >= 15 is 0 Å². The van der Waals surface area contributed by atoms with Crippen LogP contribution < -0.4 is 0 Å². The summed E-state index contributed by atoms with van der Waals surface area (Å²) in [7, 11) is 0. The molecule has 0 saturated heterocycles. The average molecular weight is 270 g/mol. The summed E-state index contributed by atoms with van der Waals surface area (Å²) in [5, 5.41) is 9.74. The highest BCUT2D eigenvalue weighted by atomic mass is 32.1. The largest absolute Gasteiger partial charge is 0.480 e. The third-order valence-corrected chi connectivity index (χ3v) is 3.82. The van der Waals surface area contributed by atoms with Crippen LogP contribution in [-0.4, -0.2) is 39.5 Å². The number of hydrogen-bond donors (Lipinski definition) is 1. The van der Waals surface area contributed by atoms with Gasteiger partial charge in [0.05, 0.1) is 10.7 Å². The van der Waals surface area contributed by atoms with E-state index in [0.29, 0.717) is 10.6 Å². The van der Waals surface area contributed by atoms with E-state index in [-0.39, 0.29) is 18.5 Å². The first-order valence-corrected chi connectivity index (χ1v) is 6.67. The van der Waals surface area contributed by atoms with E-state index < -0.39 is 5.97 Å². The van der Waals surface area contributed by atoms with Gasteiger partial charge < -0.3 is 10.0 Å². The Morgan fingerprint density at radius 3 is 2.44 bits per heavy atom. The van der Waals surface area contributed by atoms with Gasteiger partial charge in [0.1, 0.15) is 11.4 Å². The molecule has 0 bridgehead atoms. The molecule has 1 N–H and O–H groups in total. The number of rotatable bonds is 5. The third-order valence-electron chi connectivity index (χ3n) is 2.53. The van der Waals surface area contributed by atoms with Gasteiger partial charge >= 0.3 is 5.97 Å². The van der Waals surface area contributed by atoms with E-state index in [0.717, 1.165) is 11.4 Å². The lowest BCUT2D eigenvalue weighted by atomic mass is 10.2. The van der Waals surface area contributed by atoms with Gasteiger partial charge in [-0.25, -0.2) is 4.98 Å². The van der Waals surface area contributed by atoms with Crippen molar-refractivity contribution in [3.05, 3.63) is 15.6 Å². The summed E-state index contributed by atoms with van der Waals surface area (Å²) in [4.78, 5) is 29.3. The minimum absolute atomic E-state index is 0.153. The summed E-state index contributed by atoms with van der Waals surface area (Å²) in [5.74, 6) is -1.25. The van der Waals surface area contributed by atoms with Gasteiger partial charge in [0.25, 0.3) is 5.91 Å². The van der Waals surface area contributed by atoms with Crippen LogP contribution >= 0.6 is 11.3 Å². The van der Waals surface area contributed by atoms with E-state index in [4.69, 9.17) is 5.11 Å². The quantitative estimate of drug-likeness (QED) is 0.887. The molecule has 5 nitrogen and oxygen atoms in total. The number of aliphatic carboxylic acids is 1. The molecule has 1 rings (SSSR count). The number of carboxylic acids is 1.